The largest absolute Gasteiger partial charge is 0.494 e. The number of para-hydroxylation sites is 1. The van der Waals surface area contributed by atoms with Crippen molar-refractivity contribution in [3.8, 4) is 5.75 Å². The molecule has 21 heavy (non-hydrogen) atoms. The highest BCUT2D eigenvalue weighted by Gasteiger charge is 2.08. The number of H-pyrrole nitrogens is 1. The predicted molar refractivity (Wildman–Crippen MR) is 82.1 cm³/mol. The summed E-state index contributed by atoms with van der Waals surface area (Å²) >= 11 is 0. The van der Waals surface area contributed by atoms with Crippen molar-refractivity contribution in [1.82, 2.24) is 20.5 Å². The number of methoxy groups -OCH3 is 1. The van der Waals surface area contributed by atoms with Gasteiger partial charge in [-0.1, -0.05) is 18.2 Å². The summed E-state index contributed by atoms with van der Waals surface area (Å²) in [5.41, 5.74) is 3.02. The number of benzene rings is 1. The standard InChI is InChI=1S/C16H18N4O/c1-11(13-8-18-19-9-13)17-10-14-7-6-12-4-3-5-15(21-2)16(12)20-14/h3-9,11,17H,10H2,1-2H3,(H,18,19). The van der Waals surface area contributed by atoms with Gasteiger partial charge in [0.25, 0.3) is 0 Å². The first kappa shape index (κ1) is 13.6. The van der Waals surface area contributed by atoms with E-state index in [1.807, 2.05) is 36.7 Å². The van der Waals surface area contributed by atoms with E-state index in [1.54, 1.807) is 7.11 Å². The molecule has 0 radical (unpaired) electrons. The number of aromatic amines is 1. The van der Waals surface area contributed by atoms with Gasteiger partial charge in [-0.2, -0.15) is 5.10 Å². The van der Waals surface area contributed by atoms with E-state index in [0.29, 0.717) is 6.54 Å². The maximum Gasteiger partial charge on any atom is 0.145 e. The summed E-state index contributed by atoms with van der Waals surface area (Å²) in [5.74, 6) is 0.803. The van der Waals surface area contributed by atoms with Gasteiger partial charge in [0, 0.05) is 29.7 Å². The number of aromatic nitrogens is 3. The lowest BCUT2D eigenvalue weighted by Crippen LogP contribution is -2.18. The van der Waals surface area contributed by atoms with E-state index < -0.39 is 0 Å². The molecule has 0 spiro atoms. The Balaban J connectivity index is 1.78. The summed E-state index contributed by atoms with van der Waals surface area (Å²) in [7, 11) is 1.67. The van der Waals surface area contributed by atoms with Gasteiger partial charge in [0.1, 0.15) is 11.3 Å². The normalized spacial score (nSPS) is 12.5. The number of nitrogens with one attached hydrogen (secondary N) is 2. The molecule has 0 saturated carbocycles. The maximum absolute atomic E-state index is 5.37. The Hall–Kier alpha value is -2.40. The molecule has 0 aliphatic rings. The first-order valence-electron chi connectivity index (χ1n) is 6.92. The van der Waals surface area contributed by atoms with Crippen LogP contribution >= 0.6 is 0 Å². The van der Waals surface area contributed by atoms with Gasteiger partial charge in [0.05, 0.1) is 19.0 Å². The molecular formula is C16H18N4O. The van der Waals surface area contributed by atoms with E-state index in [4.69, 9.17) is 4.74 Å². The van der Waals surface area contributed by atoms with Crippen LogP contribution in [0.5, 0.6) is 5.75 Å². The van der Waals surface area contributed by atoms with Crippen LogP contribution in [0.25, 0.3) is 10.9 Å². The molecule has 0 aliphatic heterocycles. The minimum absolute atomic E-state index is 0.221. The Bertz CT molecular complexity index is 724. The maximum atomic E-state index is 5.37. The number of nitrogens with zero attached hydrogens (tertiary/aromatic N) is 2. The third-order valence-corrected chi connectivity index (χ3v) is 3.57. The van der Waals surface area contributed by atoms with E-state index in [9.17, 15) is 0 Å². The highest BCUT2D eigenvalue weighted by molar-refractivity contribution is 5.84. The zero-order valence-electron chi connectivity index (χ0n) is 12.1. The average molecular weight is 282 g/mol. The molecule has 2 heterocycles. The molecule has 3 rings (SSSR count). The van der Waals surface area contributed by atoms with Crippen LogP contribution in [0.3, 0.4) is 0 Å². The summed E-state index contributed by atoms with van der Waals surface area (Å²) in [6.07, 6.45) is 3.73. The number of ether oxygens (including phenoxy) is 1. The highest BCUT2D eigenvalue weighted by Crippen LogP contribution is 2.23. The zero-order valence-corrected chi connectivity index (χ0v) is 12.1. The van der Waals surface area contributed by atoms with Crippen molar-refractivity contribution in [3.63, 3.8) is 0 Å². The van der Waals surface area contributed by atoms with Crippen LogP contribution in [0, 0.1) is 0 Å². The molecule has 0 fully saturated rings. The van der Waals surface area contributed by atoms with Gasteiger partial charge >= 0.3 is 0 Å². The van der Waals surface area contributed by atoms with Gasteiger partial charge in [-0.05, 0) is 19.1 Å². The summed E-state index contributed by atoms with van der Waals surface area (Å²) in [6.45, 7) is 2.80. The first-order valence-corrected chi connectivity index (χ1v) is 6.92. The van der Waals surface area contributed by atoms with Crippen LogP contribution in [0.1, 0.15) is 24.2 Å². The second-order valence-corrected chi connectivity index (χ2v) is 4.97. The van der Waals surface area contributed by atoms with E-state index in [0.717, 1.165) is 27.9 Å². The molecule has 1 unspecified atom stereocenters. The lowest BCUT2D eigenvalue weighted by Gasteiger charge is -2.12. The Morgan fingerprint density at radius 2 is 2.19 bits per heavy atom. The van der Waals surface area contributed by atoms with E-state index in [2.05, 4.69) is 33.5 Å². The summed E-state index contributed by atoms with van der Waals surface area (Å²) in [6, 6.07) is 10.3. The topological polar surface area (TPSA) is 62.8 Å². The molecule has 3 aromatic rings. The first-order chi connectivity index (χ1) is 10.3. The average Bonchev–Trinajstić information content (AvgIpc) is 3.06. The second kappa shape index (κ2) is 5.93. The van der Waals surface area contributed by atoms with Gasteiger partial charge in [0.2, 0.25) is 0 Å². The predicted octanol–water partition coefficient (Wildman–Crippen LogP) is 2.82. The molecule has 5 nitrogen and oxygen atoms in total. The number of rotatable bonds is 5. The minimum Gasteiger partial charge on any atom is -0.494 e. The van der Waals surface area contributed by atoms with Crippen molar-refractivity contribution < 1.29 is 4.74 Å². The minimum atomic E-state index is 0.221. The highest BCUT2D eigenvalue weighted by atomic mass is 16.5. The van der Waals surface area contributed by atoms with E-state index >= 15 is 0 Å². The fraction of sp³-hybridized carbons (Fsp3) is 0.250. The van der Waals surface area contributed by atoms with Gasteiger partial charge in [-0.3, -0.25) is 5.10 Å². The molecule has 0 amide bonds. The monoisotopic (exact) mass is 282 g/mol. The molecule has 0 saturated heterocycles. The Morgan fingerprint density at radius 1 is 1.29 bits per heavy atom. The van der Waals surface area contributed by atoms with E-state index in [-0.39, 0.29) is 6.04 Å². The molecule has 0 aliphatic carbocycles. The fourth-order valence-corrected chi connectivity index (χ4v) is 2.30. The number of fused-ring (bicyclic) bond motifs is 1. The Kier molecular flexibility index (Phi) is 3.83. The third kappa shape index (κ3) is 2.87. The van der Waals surface area contributed by atoms with E-state index in [1.165, 1.54) is 0 Å². The van der Waals surface area contributed by atoms with Crippen molar-refractivity contribution in [2.45, 2.75) is 19.5 Å². The Morgan fingerprint density at radius 3 is 2.95 bits per heavy atom. The van der Waals surface area contributed by atoms with Crippen molar-refractivity contribution in [3.05, 3.63) is 54.0 Å². The zero-order chi connectivity index (χ0) is 14.7. The van der Waals surface area contributed by atoms with Gasteiger partial charge in [-0.15, -0.1) is 0 Å². The third-order valence-electron chi connectivity index (χ3n) is 3.57. The lowest BCUT2D eigenvalue weighted by molar-refractivity contribution is 0.418. The van der Waals surface area contributed by atoms with Gasteiger partial charge in [0.15, 0.2) is 0 Å². The van der Waals surface area contributed by atoms with Crippen LogP contribution in [-0.2, 0) is 6.54 Å². The molecule has 2 N–H and O–H groups in total. The lowest BCUT2D eigenvalue weighted by atomic mass is 10.1. The van der Waals surface area contributed by atoms with Crippen molar-refractivity contribution in [2.75, 3.05) is 7.11 Å². The quantitative estimate of drug-likeness (QED) is 0.755. The van der Waals surface area contributed by atoms with Gasteiger partial charge in [-0.25, -0.2) is 4.98 Å². The van der Waals surface area contributed by atoms with Crippen molar-refractivity contribution >= 4 is 10.9 Å². The van der Waals surface area contributed by atoms with Crippen molar-refractivity contribution in [1.29, 1.82) is 0 Å². The SMILES string of the molecule is COc1cccc2ccc(CNC(C)c3cn[nH]c3)nc12. The summed E-state index contributed by atoms with van der Waals surface area (Å²) in [4.78, 5) is 4.69. The number of pyridine rings is 1. The van der Waals surface area contributed by atoms with Crippen LogP contribution in [0.4, 0.5) is 0 Å². The summed E-state index contributed by atoms with van der Waals surface area (Å²) in [5, 5.41) is 11.3. The Labute approximate surface area is 123 Å². The number of hydrogen-bond acceptors (Lipinski definition) is 4. The summed E-state index contributed by atoms with van der Waals surface area (Å²) < 4.78 is 5.37. The molecule has 5 heteroatoms. The van der Waals surface area contributed by atoms with Crippen molar-refractivity contribution in [2.24, 2.45) is 0 Å². The fourth-order valence-electron chi connectivity index (χ4n) is 2.30. The number of hydrogen-bond donors (Lipinski definition) is 2. The second-order valence-electron chi connectivity index (χ2n) is 4.97. The molecule has 2 aromatic heterocycles. The molecular weight excluding hydrogens is 264 g/mol. The van der Waals surface area contributed by atoms with Gasteiger partial charge < -0.3 is 10.1 Å². The smallest absolute Gasteiger partial charge is 0.145 e. The molecule has 1 atom stereocenters. The van der Waals surface area contributed by atoms with Crippen LogP contribution < -0.4 is 10.1 Å². The molecule has 108 valence electrons. The van der Waals surface area contributed by atoms with Crippen LogP contribution in [0.15, 0.2) is 42.7 Å². The van der Waals surface area contributed by atoms with Crippen LogP contribution in [0.2, 0.25) is 0 Å². The molecule has 1 aromatic carbocycles. The molecule has 0 bridgehead atoms. The van der Waals surface area contributed by atoms with Crippen LogP contribution in [-0.4, -0.2) is 22.3 Å².